The quantitative estimate of drug-likeness (QED) is 0.881. The van der Waals surface area contributed by atoms with Crippen molar-refractivity contribution in [3.63, 3.8) is 0 Å². The molecule has 100 valence electrons. The van der Waals surface area contributed by atoms with E-state index in [4.69, 9.17) is 5.73 Å². The molecule has 3 heteroatoms. The molecule has 0 spiro atoms. The lowest BCUT2D eigenvalue weighted by Crippen LogP contribution is -2.15. The fourth-order valence-corrected chi connectivity index (χ4v) is 2.11. The Labute approximate surface area is 114 Å². The molecule has 0 fully saturated rings. The number of aryl methyl sites for hydroxylation is 1. The minimum absolute atomic E-state index is 0.123. The summed E-state index contributed by atoms with van der Waals surface area (Å²) in [6.07, 6.45) is 1.87. The maximum absolute atomic E-state index is 6.31. The van der Waals surface area contributed by atoms with Crippen molar-refractivity contribution >= 4 is 5.82 Å². The molecule has 0 radical (unpaired) electrons. The summed E-state index contributed by atoms with van der Waals surface area (Å²) in [5.41, 5.74) is 9.65. The summed E-state index contributed by atoms with van der Waals surface area (Å²) >= 11 is 0. The van der Waals surface area contributed by atoms with Crippen LogP contribution in [0.5, 0.6) is 0 Å². The number of anilines is 1. The number of rotatable bonds is 4. The summed E-state index contributed by atoms with van der Waals surface area (Å²) in [5.74, 6) is 0.900. The van der Waals surface area contributed by atoms with Crippen molar-refractivity contribution in [1.29, 1.82) is 0 Å². The van der Waals surface area contributed by atoms with Crippen LogP contribution in [0, 0.1) is 6.92 Å². The molecule has 0 saturated carbocycles. The topological polar surface area (TPSA) is 50.9 Å². The van der Waals surface area contributed by atoms with Crippen molar-refractivity contribution in [2.45, 2.75) is 32.9 Å². The van der Waals surface area contributed by atoms with E-state index in [0.717, 1.165) is 22.5 Å². The SMILES string of the molecule is Cc1cc(NC(C)C)ncc1C(N)c1ccccc1. The van der Waals surface area contributed by atoms with Gasteiger partial charge in [-0.25, -0.2) is 4.98 Å². The van der Waals surface area contributed by atoms with Crippen molar-refractivity contribution in [2.75, 3.05) is 5.32 Å². The Morgan fingerprint density at radius 3 is 2.42 bits per heavy atom. The number of nitrogens with one attached hydrogen (secondary N) is 1. The van der Waals surface area contributed by atoms with Gasteiger partial charge in [-0.2, -0.15) is 0 Å². The average Bonchev–Trinajstić information content (AvgIpc) is 2.38. The lowest BCUT2D eigenvalue weighted by atomic mass is 9.97. The zero-order chi connectivity index (χ0) is 13.8. The molecule has 1 atom stereocenters. The smallest absolute Gasteiger partial charge is 0.126 e. The Kier molecular flexibility index (Phi) is 4.17. The third-order valence-electron chi connectivity index (χ3n) is 3.08. The lowest BCUT2D eigenvalue weighted by molar-refractivity contribution is 0.846. The number of pyridine rings is 1. The summed E-state index contributed by atoms with van der Waals surface area (Å²) in [7, 11) is 0. The molecule has 0 aliphatic rings. The molecule has 0 saturated heterocycles. The Morgan fingerprint density at radius 1 is 1.16 bits per heavy atom. The lowest BCUT2D eigenvalue weighted by Gasteiger charge is -2.16. The van der Waals surface area contributed by atoms with Gasteiger partial charge < -0.3 is 11.1 Å². The first-order valence-corrected chi connectivity index (χ1v) is 6.61. The molecule has 19 heavy (non-hydrogen) atoms. The van der Waals surface area contributed by atoms with Crippen molar-refractivity contribution in [1.82, 2.24) is 4.98 Å². The third kappa shape index (κ3) is 3.32. The van der Waals surface area contributed by atoms with Gasteiger partial charge in [0.15, 0.2) is 0 Å². The fraction of sp³-hybridized carbons (Fsp3) is 0.312. The van der Waals surface area contributed by atoms with Crippen LogP contribution in [0.2, 0.25) is 0 Å². The van der Waals surface area contributed by atoms with E-state index in [1.165, 1.54) is 0 Å². The Bertz CT molecular complexity index is 535. The molecule has 0 bridgehead atoms. The van der Waals surface area contributed by atoms with Gasteiger partial charge >= 0.3 is 0 Å². The van der Waals surface area contributed by atoms with E-state index in [2.05, 4.69) is 37.1 Å². The summed E-state index contributed by atoms with van der Waals surface area (Å²) in [6, 6.07) is 12.4. The highest BCUT2D eigenvalue weighted by atomic mass is 15.0. The van der Waals surface area contributed by atoms with Crippen molar-refractivity contribution in [3.8, 4) is 0 Å². The molecule has 2 rings (SSSR count). The van der Waals surface area contributed by atoms with Crippen LogP contribution in [0.25, 0.3) is 0 Å². The summed E-state index contributed by atoms with van der Waals surface area (Å²) < 4.78 is 0. The largest absolute Gasteiger partial charge is 0.368 e. The number of aromatic nitrogens is 1. The van der Waals surface area contributed by atoms with E-state index in [0.29, 0.717) is 6.04 Å². The highest BCUT2D eigenvalue weighted by Gasteiger charge is 2.12. The van der Waals surface area contributed by atoms with Gasteiger partial charge in [0.05, 0.1) is 6.04 Å². The monoisotopic (exact) mass is 255 g/mol. The van der Waals surface area contributed by atoms with E-state index in [-0.39, 0.29) is 6.04 Å². The maximum Gasteiger partial charge on any atom is 0.126 e. The van der Waals surface area contributed by atoms with Crippen LogP contribution >= 0.6 is 0 Å². The number of hydrogen-bond donors (Lipinski definition) is 2. The predicted molar refractivity (Wildman–Crippen MR) is 80.2 cm³/mol. The number of benzene rings is 1. The molecule has 2 aromatic rings. The Morgan fingerprint density at radius 2 is 1.84 bits per heavy atom. The second-order valence-corrected chi connectivity index (χ2v) is 5.11. The fourth-order valence-electron chi connectivity index (χ4n) is 2.11. The highest BCUT2D eigenvalue weighted by molar-refractivity contribution is 5.44. The molecule has 0 aliphatic heterocycles. The van der Waals surface area contributed by atoms with Gasteiger partial charge in [-0.3, -0.25) is 0 Å². The predicted octanol–water partition coefficient (Wildman–Crippen LogP) is 3.26. The maximum atomic E-state index is 6.31. The summed E-state index contributed by atoms with van der Waals surface area (Å²) in [5, 5.41) is 3.30. The van der Waals surface area contributed by atoms with E-state index in [1.807, 2.05) is 36.5 Å². The third-order valence-corrected chi connectivity index (χ3v) is 3.08. The minimum atomic E-state index is -0.123. The second-order valence-electron chi connectivity index (χ2n) is 5.11. The molecular formula is C16H21N3. The first kappa shape index (κ1) is 13.6. The van der Waals surface area contributed by atoms with E-state index in [1.54, 1.807) is 0 Å². The number of nitrogens with two attached hydrogens (primary N) is 1. The van der Waals surface area contributed by atoms with Crippen LogP contribution in [-0.4, -0.2) is 11.0 Å². The van der Waals surface area contributed by atoms with Gasteiger partial charge in [0, 0.05) is 12.2 Å². The molecule has 3 nitrogen and oxygen atoms in total. The second kappa shape index (κ2) is 5.85. The molecule has 1 unspecified atom stereocenters. The summed E-state index contributed by atoms with van der Waals surface area (Å²) in [6.45, 7) is 6.27. The van der Waals surface area contributed by atoms with Crippen molar-refractivity contribution < 1.29 is 0 Å². The van der Waals surface area contributed by atoms with Gasteiger partial charge in [-0.05, 0) is 43.5 Å². The Balaban J connectivity index is 2.26. The molecular weight excluding hydrogens is 234 g/mol. The van der Waals surface area contributed by atoms with E-state index >= 15 is 0 Å². The molecule has 1 aromatic carbocycles. The Hall–Kier alpha value is -1.87. The van der Waals surface area contributed by atoms with Gasteiger partial charge in [0.1, 0.15) is 5.82 Å². The van der Waals surface area contributed by atoms with Gasteiger partial charge in [-0.1, -0.05) is 30.3 Å². The minimum Gasteiger partial charge on any atom is -0.368 e. The average molecular weight is 255 g/mol. The van der Waals surface area contributed by atoms with Crippen LogP contribution in [0.4, 0.5) is 5.82 Å². The van der Waals surface area contributed by atoms with Crippen LogP contribution in [0.1, 0.15) is 36.6 Å². The zero-order valence-corrected chi connectivity index (χ0v) is 11.7. The zero-order valence-electron chi connectivity index (χ0n) is 11.7. The molecule has 1 heterocycles. The normalized spacial score (nSPS) is 12.5. The number of hydrogen-bond acceptors (Lipinski definition) is 3. The van der Waals surface area contributed by atoms with Crippen LogP contribution in [0.3, 0.4) is 0 Å². The van der Waals surface area contributed by atoms with Gasteiger partial charge in [-0.15, -0.1) is 0 Å². The van der Waals surface area contributed by atoms with Gasteiger partial charge in [0.25, 0.3) is 0 Å². The first-order valence-electron chi connectivity index (χ1n) is 6.61. The molecule has 0 aliphatic carbocycles. The van der Waals surface area contributed by atoms with Crippen LogP contribution in [-0.2, 0) is 0 Å². The van der Waals surface area contributed by atoms with Gasteiger partial charge in [0.2, 0.25) is 0 Å². The molecule has 3 N–H and O–H groups in total. The van der Waals surface area contributed by atoms with Crippen molar-refractivity contribution in [2.24, 2.45) is 5.73 Å². The first-order chi connectivity index (χ1) is 9.08. The standard InChI is InChI=1S/C16H21N3/c1-11(2)19-15-9-12(3)14(10-18-15)16(17)13-7-5-4-6-8-13/h4-11,16H,17H2,1-3H3,(H,18,19). The van der Waals surface area contributed by atoms with E-state index in [9.17, 15) is 0 Å². The summed E-state index contributed by atoms with van der Waals surface area (Å²) in [4.78, 5) is 4.44. The van der Waals surface area contributed by atoms with Crippen molar-refractivity contribution in [3.05, 3.63) is 59.3 Å². The number of nitrogens with zero attached hydrogens (tertiary/aromatic N) is 1. The highest BCUT2D eigenvalue weighted by Crippen LogP contribution is 2.23. The molecule has 1 aromatic heterocycles. The van der Waals surface area contributed by atoms with Crippen LogP contribution in [0.15, 0.2) is 42.6 Å². The van der Waals surface area contributed by atoms with E-state index < -0.39 is 0 Å². The van der Waals surface area contributed by atoms with Crippen LogP contribution < -0.4 is 11.1 Å². The molecule has 0 amide bonds.